The summed E-state index contributed by atoms with van der Waals surface area (Å²) < 4.78 is 3.18. The Balaban J connectivity index is 2.24. The first-order valence-corrected chi connectivity index (χ1v) is 7.10. The zero-order valence-electron chi connectivity index (χ0n) is 9.26. The fraction of sp³-hybridized carbons (Fsp3) is 0.167. The third-order valence-corrected chi connectivity index (χ3v) is 4.06. The van der Waals surface area contributed by atoms with Crippen LogP contribution in [0.1, 0.15) is 11.3 Å². The minimum atomic E-state index is 0.527. The van der Waals surface area contributed by atoms with Crippen molar-refractivity contribution in [3.8, 4) is 0 Å². The fourth-order valence-electron chi connectivity index (χ4n) is 1.49. The summed E-state index contributed by atoms with van der Waals surface area (Å²) >= 11 is 3.86. The van der Waals surface area contributed by atoms with Crippen molar-refractivity contribution in [3.05, 3.63) is 55.2 Å². The molecule has 1 aromatic carbocycles. The molecule has 2 aromatic rings. The summed E-state index contributed by atoms with van der Waals surface area (Å²) in [5, 5.41) is 16.1. The van der Waals surface area contributed by atoms with Gasteiger partial charge in [0.2, 0.25) is 5.51 Å². The Labute approximate surface area is 118 Å². The quantitative estimate of drug-likeness (QED) is 0.360. The highest BCUT2D eigenvalue weighted by molar-refractivity contribution is 14.1. The zero-order valence-corrected chi connectivity index (χ0v) is 12.2. The largest absolute Gasteiger partial charge is 0.792 e. The van der Waals surface area contributed by atoms with Gasteiger partial charge in [-0.3, -0.25) is 0 Å². The third kappa shape index (κ3) is 3.04. The molecule has 2 rings (SSSR count). The number of aryl methyl sites for hydroxylation is 1. The van der Waals surface area contributed by atoms with Gasteiger partial charge in [-0.15, -0.1) is 0 Å². The van der Waals surface area contributed by atoms with Gasteiger partial charge in [0.05, 0.1) is 5.38 Å². The Kier molecular flexibility index (Phi) is 4.11. The van der Waals surface area contributed by atoms with E-state index < -0.39 is 0 Å². The highest BCUT2D eigenvalue weighted by Crippen LogP contribution is 2.09. The molecule has 1 heterocycles. The number of rotatable bonds is 3. The van der Waals surface area contributed by atoms with Crippen molar-refractivity contribution in [1.82, 2.24) is 0 Å². The highest BCUT2D eigenvalue weighted by atomic mass is 127. The summed E-state index contributed by atoms with van der Waals surface area (Å²) in [6.07, 6.45) is 0. The van der Waals surface area contributed by atoms with Gasteiger partial charge >= 0.3 is 0 Å². The highest BCUT2D eigenvalue weighted by Gasteiger charge is 2.12. The Bertz CT molecular complexity index is 534. The number of hydrogen-bond donors (Lipinski definition) is 0. The molecule has 0 amide bonds. The second kappa shape index (κ2) is 5.59. The van der Waals surface area contributed by atoms with Crippen molar-refractivity contribution in [3.63, 3.8) is 0 Å². The van der Waals surface area contributed by atoms with Gasteiger partial charge in [-0.2, -0.15) is 4.57 Å². The first kappa shape index (κ1) is 12.5. The standard InChI is InChI=1S/C12H11IN2OS/c1-9-7-17-8-15(9)6-12(14-16)10-2-4-11(13)5-3-10/h2-5,7-8H,6H2,1H3/b14-12-. The van der Waals surface area contributed by atoms with E-state index in [0.717, 1.165) is 14.8 Å². The molecule has 17 heavy (non-hydrogen) atoms. The van der Waals surface area contributed by atoms with Crippen molar-refractivity contribution in [1.29, 1.82) is 0 Å². The van der Waals surface area contributed by atoms with Crippen molar-refractivity contribution < 1.29 is 4.57 Å². The molecular formula is C12H11IN2OS. The molecule has 1 aromatic heterocycles. The summed E-state index contributed by atoms with van der Waals surface area (Å²) in [6, 6.07) is 7.82. The molecule has 0 bridgehead atoms. The zero-order chi connectivity index (χ0) is 12.3. The third-order valence-electron chi connectivity index (χ3n) is 2.49. The Morgan fingerprint density at radius 2 is 2.12 bits per heavy atom. The van der Waals surface area contributed by atoms with Gasteiger partial charge in [-0.05, 0) is 34.7 Å². The van der Waals surface area contributed by atoms with Crippen molar-refractivity contribution in [2.45, 2.75) is 13.5 Å². The molecule has 0 radical (unpaired) electrons. The van der Waals surface area contributed by atoms with Crippen LogP contribution in [0.2, 0.25) is 0 Å². The maximum atomic E-state index is 10.9. The first-order chi connectivity index (χ1) is 8.20. The molecular weight excluding hydrogens is 347 g/mol. The van der Waals surface area contributed by atoms with Gasteiger partial charge < -0.3 is 10.4 Å². The van der Waals surface area contributed by atoms with E-state index in [2.05, 4.69) is 33.1 Å². The molecule has 5 heteroatoms. The van der Waals surface area contributed by atoms with Crippen molar-refractivity contribution in [2.24, 2.45) is 5.16 Å². The van der Waals surface area contributed by atoms with Crippen molar-refractivity contribution in [2.75, 3.05) is 0 Å². The van der Waals surface area contributed by atoms with Gasteiger partial charge in [-0.25, -0.2) is 0 Å². The van der Waals surface area contributed by atoms with E-state index in [-0.39, 0.29) is 0 Å². The van der Waals surface area contributed by atoms with Crippen molar-refractivity contribution >= 4 is 39.6 Å². The average Bonchev–Trinajstić information content (AvgIpc) is 2.73. The van der Waals surface area contributed by atoms with Gasteiger partial charge in [0.15, 0.2) is 12.2 Å². The molecule has 0 saturated heterocycles. The lowest BCUT2D eigenvalue weighted by Gasteiger charge is -2.06. The molecule has 0 aliphatic carbocycles. The molecule has 88 valence electrons. The van der Waals surface area contributed by atoms with Crippen LogP contribution >= 0.6 is 33.9 Å². The second-order valence-corrected chi connectivity index (χ2v) is 5.64. The van der Waals surface area contributed by atoms with Gasteiger partial charge in [-0.1, -0.05) is 23.5 Å². The van der Waals surface area contributed by atoms with Crippen LogP contribution in [0.15, 0.2) is 40.3 Å². The molecule has 0 unspecified atom stereocenters. The molecule has 0 spiro atoms. The van der Waals surface area contributed by atoms with E-state index >= 15 is 0 Å². The average molecular weight is 358 g/mol. The van der Waals surface area contributed by atoms with Crippen LogP contribution in [0, 0.1) is 15.7 Å². The summed E-state index contributed by atoms with van der Waals surface area (Å²) in [4.78, 5) is 0. The SMILES string of the molecule is Cc1csc[n+]1C/C(=N/[O-])c1ccc(I)cc1. The van der Waals surface area contributed by atoms with E-state index in [1.54, 1.807) is 11.3 Å². The number of nitrogens with zero attached hydrogens (tertiary/aromatic N) is 2. The fourth-order valence-corrected chi connectivity index (χ4v) is 2.63. The van der Waals surface area contributed by atoms with Crippen LogP contribution in [0.5, 0.6) is 0 Å². The molecule has 0 aliphatic heterocycles. The summed E-state index contributed by atoms with van der Waals surface area (Å²) in [5.74, 6) is 0. The lowest BCUT2D eigenvalue weighted by atomic mass is 10.1. The molecule has 0 N–H and O–H groups in total. The minimum absolute atomic E-state index is 0.527. The predicted molar refractivity (Wildman–Crippen MR) is 78.3 cm³/mol. The molecule has 3 nitrogen and oxygen atoms in total. The van der Waals surface area contributed by atoms with E-state index in [1.807, 2.05) is 41.3 Å². The number of benzene rings is 1. The first-order valence-electron chi connectivity index (χ1n) is 5.08. The number of thiazole rings is 1. The maximum Gasteiger partial charge on any atom is 0.225 e. The van der Waals surface area contributed by atoms with Crippen LogP contribution in [0.25, 0.3) is 0 Å². The molecule has 0 aliphatic rings. The maximum absolute atomic E-state index is 10.9. The number of aromatic nitrogens is 1. The monoisotopic (exact) mass is 358 g/mol. The lowest BCUT2D eigenvalue weighted by Crippen LogP contribution is -2.38. The smallest absolute Gasteiger partial charge is 0.225 e. The Morgan fingerprint density at radius 3 is 2.65 bits per heavy atom. The number of hydrogen-bond acceptors (Lipinski definition) is 3. The van der Waals surface area contributed by atoms with Gasteiger partial charge in [0.1, 0.15) is 5.71 Å². The Morgan fingerprint density at radius 1 is 1.41 bits per heavy atom. The summed E-state index contributed by atoms with van der Waals surface area (Å²) in [5.41, 5.74) is 4.58. The second-order valence-electron chi connectivity index (χ2n) is 3.67. The van der Waals surface area contributed by atoms with Gasteiger partial charge in [0, 0.05) is 16.1 Å². The summed E-state index contributed by atoms with van der Waals surface area (Å²) in [7, 11) is 0. The molecule has 0 saturated carbocycles. The molecule has 0 atom stereocenters. The number of halogens is 1. The lowest BCUT2D eigenvalue weighted by molar-refractivity contribution is -0.682. The Hall–Kier alpha value is -0.950. The molecule has 0 fully saturated rings. The van der Waals surface area contributed by atoms with E-state index in [9.17, 15) is 5.21 Å². The predicted octanol–water partition coefficient (Wildman–Crippen LogP) is 2.94. The van der Waals surface area contributed by atoms with Crippen LogP contribution in [-0.4, -0.2) is 5.71 Å². The van der Waals surface area contributed by atoms with Crippen LogP contribution in [-0.2, 0) is 6.54 Å². The van der Waals surface area contributed by atoms with E-state index in [4.69, 9.17) is 0 Å². The van der Waals surface area contributed by atoms with Crippen LogP contribution in [0.4, 0.5) is 0 Å². The topological polar surface area (TPSA) is 39.3 Å². The normalized spacial score (nSPS) is 11.8. The van der Waals surface area contributed by atoms with E-state index in [0.29, 0.717) is 12.3 Å². The van der Waals surface area contributed by atoms with E-state index in [1.165, 1.54) is 0 Å². The van der Waals surface area contributed by atoms with Gasteiger partial charge in [0.25, 0.3) is 0 Å². The minimum Gasteiger partial charge on any atom is -0.792 e. The summed E-state index contributed by atoms with van der Waals surface area (Å²) in [6.45, 7) is 2.55. The van der Waals surface area contributed by atoms with Crippen LogP contribution in [0.3, 0.4) is 0 Å². The van der Waals surface area contributed by atoms with Crippen LogP contribution < -0.4 is 4.57 Å².